The van der Waals surface area contributed by atoms with Crippen LogP contribution in [0.5, 0.6) is 0 Å². The molecule has 8 heteroatoms. The van der Waals surface area contributed by atoms with Gasteiger partial charge in [-0.25, -0.2) is 8.42 Å². The van der Waals surface area contributed by atoms with Crippen molar-refractivity contribution in [2.45, 2.75) is 43.9 Å². The van der Waals surface area contributed by atoms with Crippen LogP contribution >= 0.6 is 27.3 Å². The molecule has 2 aromatic rings. The average Bonchev–Trinajstić information content (AvgIpc) is 3.19. The SMILES string of the molecule is CCc1ccc(CNC(=O)C(C)C2CCN(S(=O)(=O)c3ccc(Br)s3)CC2)cc1. The molecule has 1 atom stereocenters. The van der Waals surface area contributed by atoms with Crippen LogP contribution in [0.15, 0.2) is 44.4 Å². The molecule has 1 fully saturated rings. The Hall–Kier alpha value is -1.22. The quantitative estimate of drug-likeness (QED) is 0.613. The third-order valence-electron chi connectivity index (χ3n) is 5.66. The number of hydrogen-bond acceptors (Lipinski definition) is 4. The molecule has 1 aliphatic heterocycles. The number of sulfonamides is 1. The number of thiophene rings is 1. The van der Waals surface area contributed by atoms with E-state index in [9.17, 15) is 13.2 Å². The second-order valence-electron chi connectivity index (χ2n) is 7.48. The van der Waals surface area contributed by atoms with E-state index in [4.69, 9.17) is 0 Å². The minimum atomic E-state index is -3.44. The lowest BCUT2D eigenvalue weighted by molar-refractivity contribution is -0.126. The molecule has 1 saturated heterocycles. The molecule has 5 nitrogen and oxygen atoms in total. The molecule has 1 amide bonds. The Morgan fingerprint density at radius 3 is 2.34 bits per heavy atom. The molecule has 0 aliphatic carbocycles. The summed E-state index contributed by atoms with van der Waals surface area (Å²) in [5, 5.41) is 3.03. The zero-order valence-electron chi connectivity index (χ0n) is 16.7. The van der Waals surface area contributed by atoms with Crippen molar-refractivity contribution in [2.75, 3.05) is 13.1 Å². The molecule has 1 N–H and O–H groups in total. The van der Waals surface area contributed by atoms with Crippen molar-refractivity contribution in [1.29, 1.82) is 0 Å². The zero-order chi connectivity index (χ0) is 21.0. The Balaban J connectivity index is 1.51. The topological polar surface area (TPSA) is 66.5 Å². The molecule has 1 aromatic heterocycles. The predicted molar refractivity (Wildman–Crippen MR) is 120 cm³/mol. The Kier molecular flexibility index (Phi) is 7.53. The lowest BCUT2D eigenvalue weighted by Crippen LogP contribution is -2.42. The fourth-order valence-electron chi connectivity index (χ4n) is 3.64. The standard InChI is InChI=1S/C21H27BrN2O3S2/c1-3-16-4-6-17(7-5-16)14-23-21(25)15(2)18-10-12-24(13-11-18)29(26,27)20-9-8-19(22)28-20/h4-9,15,18H,3,10-14H2,1-2H3,(H,23,25). The van der Waals surface area contributed by atoms with Gasteiger partial charge in [-0.3, -0.25) is 4.79 Å². The fourth-order valence-corrected chi connectivity index (χ4v) is 7.27. The fraction of sp³-hybridized carbons (Fsp3) is 0.476. The van der Waals surface area contributed by atoms with E-state index in [-0.39, 0.29) is 17.7 Å². The van der Waals surface area contributed by atoms with Crippen LogP contribution < -0.4 is 5.32 Å². The molecule has 158 valence electrons. The zero-order valence-corrected chi connectivity index (χ0v) is 19.9. The first-order valence-corrected chi connectivity index (χ1v) is 13.0. The van der Waals surface area contributed by atoms with Crippen molar-refractivity contribution < 1.29 is 13.2 Å². The van der Waals surface area contributed by atoms with Crippen LogP contribution in [-0.2, 0) is 27.8 Å². The number of benzene rings is 1. The van der Waals surface area contributed by atoms with Crippen LogP contribution in [-0.4, -0.2) is 31.7 Å². The summed E-state index contributed by atoms with van der Waals surface area (Å²) in [4.78, 5) is 12.6. The summed E-state index contributed by atoms with van der Waals surface area (Å²) in [6.45, 7) is 5.50. The first kappa shape index (κ1) is 22.5. The minimum absolute atomic E-state index is 0.0352. The highest BCUT2D eigenvalue weighted by Crippen LogP contribution is 2.32. The van der Waals surface area contributed by atoms with Gasteiger partial charge in [0.2, 0.25) is 5.91 Å². The van der Waals surface area contributed by atoms with Crippen LogP contribution in [0.4, 0.5) is 0 Å². The molecule has 1 aliphatic rings. The number of aryl methyl sites for hydroxylation is 1. The number of halogens is 1. The summed E-state index contributed by atoms with van der Waals surface area (Å²) in [6.07, 6.45) is 2.40. The van der Waals surface area contributed by atoms with Crippen LogP contribution in [0.2, 0.25) is 0 Å². The summed E-state index contributed by atoms with van der Waals surface area (Å²) in [7, 11) is -3.44. The molecule has 0 saturated carbocycles. The van der Waals surface area contributed by atoms with E-state index in [1.54, 1.807) is 16.4 Å². The minimum Gasteiger partial charge on any atom is -0.352 e. The van der Waals surface area contributed by atoms with E-state index < -0.39 is 10.0 Å². The lowest BCUT2D eigenvalue weighted by Gasteiger charge is -2.33. The maximum absolute atomic E-state index is 12.8. The number of carbonyl (C=O) groups is 1. The van der Waals surface area contributed by atoms with E-state index in [0.29, 0.717) is 36.7 Å². The second-order valence-corrected chi connectivity index (χ2v) is 12.1. The highest BCUT2D eigenvalue weighted by atomic mass is 79.9. The summed E-state index contributed by atoms with van der Waals surface area (Å²) >= 11 is 4.55. The van der Waals surface area contributed by atoms with Crippen molar-refractivity contribution in [1.82, 2.24) is 9.62 Å². The summed E-state index contributed by atoms with van der Waals surface area (Å²) in [5.74, 6) is 0.0951. The number of piperidine rings is 1. The van der Waals surface area contributed by atoms with Crippen molar-refractivity contribution in [2.24, 2.45) is 11.8 Å². The smallest absolute Gasteiger partial charge is 0.252 e. The largest absolute Gasteiger partial charge is 0.352 e. The Morgan fingerprint density at radius 2 is 1.79 bits per heavy atom. The monoisotopic (exact) mass is 498 g/mol. The number of rotatable bonds is 7. The molecule has 1 unspecified atom stereocenters. The highest BCUT2D eigenvalue weighted by Gasteiger charge is 2.34. The van der Waals surface area contributed by atoms with Gasteiger partial charge in [0.15, 0.2) is 0 Å². The van der Waals surface area contributed by atoms with E-state index in [1.165, 1.54) is 16.9 Å². The molecule has 1 aromatic carbocycles. The molecule has 0 spiro atoms. The second kappa shape index (κ2) is 9.73. The summed E-state index contributed by atoms with van der Waals surface area (Å²) in [5.41, 5.74) is 2.37. The lowest BCUT2D eigenvalue weighted by atomic mass is 9.85. The predicted octanol–water partition coefficient (Wildman–Crippen LogP) is 4.43. The van der Waals surface area contributed by atoms with Gasteiger partial charge in [-0.15, -0.1) is 11.3 Å². The van der Waals surface area contributed by atoms with Gasteiger partial charge in [0.1, 0.15) is 4.21 Å². The van der Waals surface area contributed by atoms with Crippen LogP contribution in [0.1, 0.15) is 37.8 Å². The maximum atomic E-state index is 12.8. The first-order valence-electron chi connectivity index (χ1n) is 9.92. The Morgan fingerprint density at radius 1 is 1.17 bits per heavy atom. The van der Waals surface area contributed by atoms with E-state index in [2.05, 4.69) is 52.4 Å². The molecule has 2 heterocycles. The van der Waals surface area contributed by atoms with E-state index in [0.717, 1.165) is 15.8 Å². The molecule has 29 heavy (non-hydrogen) atoms. The van der Waals surface area contributed by atoms with Crippen molar-refractivity contribution >= 4 is 43.2 Å². The Labute approximate surface area is 185 Å². The molecular formula is C21H27BrN2O3S2. The van der Waals surface area contributed by atoms with E-state index >= 15 is 0 Å². The normalized spacial score (nSPS) is 17.2. The molecule has 3 rings (SSSR count). The van der Waals surface area contributed by atoms with Crippen LogP contribution in [0.3, 0.4) is 0 Å². The average molecular weight is 499 g/mol. The van der Waals surface area contributed by atoms with Gasteiger partial charge in [-0.2, -0.15) is 4.31 Å². The third kappa shape index (κ3) is 5.48. The number of nitrogens with one attached hydrogen (secondary N) is 1. The van der Waals surface area contributed by atoms with Crippen molar-refractivity contribution in [3.63, 3.8) is 0 Å². The van der Waals surface area contributed by atoms with Gasteiger partial charge < -0.3 is 5.32 Å². The summed E-state index contributed by atoms with van der Waals surface area (Å²) in [6, 6.07) is 11.7. The van der Waals surface area contributed by atoms with Gasteiger partial charge in [0.05, 0.1) is 3.79 Å². The number of hydrogen-bond donors (Lipinski definition) is 1. The van der Waals surface area contributed by atoms with Gasteiger partial charge in [-0.05, 0) is 64.4 Å². The number of carbonyl (C=O) groups excluding carboxylic acids is 1. The highest BCUT2D eigenvalue weighted by molar-refractivity contribution is 9.11. The summed E-state index contributed by atoms with van der Waals surface area (Å²) < 4.78 is 28.2. The van der Waals surface area contributed by atoms with Crippen LogP contribution in [0, 0.1) is 11.8 Å². The van der Waals surface area contributed by atoms with Gasteiger partial charge in [0.25, 0.3) is 10.0 Å². The molecule has 0 radical (unpaired) electrons. The molecule has 0 bridgehead atoms. The van der Waals surface area contributed by atoms with Crippen LogP contribution in [0.25, 0.3) is 0 Å². The van der Waals surface area contributed by atoms with Gasteiger partial charge >= 0.3 is 0 Å². The third-order valence-corrected chi connectivity index (χ3v) is 9.65. The number of amides is 1. The number of nitrogens with zero attached hydrogens (tertiary/aromatic N) is 1. The maximum Gasteiger partial charge on any atom is 0.252 e. The first-order chi connectivity index (χ1) is 13.8. The van der Waals surface area contributed by atoms with Gasteiger partial charge in [-0.1, -0.05) is 38.1 Å². The van der Waals surface area contributed by atoms with Crippen molar-refractivity contribution in [3.8, 4) is 0 Å². The van der Waals surface area contributed by atoms with E-state index in [1.807, 2.05) is 6.92 Å². The van der Waals surface area contributed by atoms with Crippen molar-refractivity contribution in [3.05, 3.63) is 51.3 Å². The Bertz CT molecular complexity index is 933. The van der Waals surface area contributed by atoms with Gasteiger partial charge in [0, 0.05) is 25.6 Å². The molecular weight excluding hydrogens is 472 g/mol.